The fraction of sp³-hybridized carbons (Fsp3) is 0.381. The number of carbonyl (C=O) groups is 2. The predicted molar refractivity (Wildman–Crippen MR) is 104 cm³/mol. The molecule has 1 aromatic heterocycles. The van der Waals surface area contributed by atoms with Crippen LogP contribution in [0, 0.1) is 12.7 Å². The van der Waals surface area contributed by atoms with Crippen molar-refractivity contribution < 1.29 is 28.6 Å². The number of carbonyl (C=O) groups excluding carboxylic acids is 2. The van der Waals surface area contributed by atoms with E-state index in [1.54, 1.807) is 19.9 Å². The number of ether oxygens (including phenoxy) is 2. The highest BCUT2D eigenvalue weighted by molar-refractivity contribution is 5.97. The highest BCUT2D eigenvalue weighted by Gasteiger charge is 2.26. The summed E-state index contributed by atoms with van der Waals surface area (Å²) in [6, 6.07) is 4.89. The van der Waals surface area contributed by atoms with Gasteiger partial charge in [-0.25, -0.2) is 14.2 Å². The number of hydrogen-bond acceptors (Lipinski definition) is 6. The van der Waals surface area contributed by atoms with Gasteiger partial charge in [-0.3, -0.25) is 4.79 Å². The quantitative estimate of drug-likeness (QED) is 0.688. The van der Waals surface area contributed by atoms with Crippen LogP contribution in [0.2, 0.25) is 0 Å². The van der Waals surface area contributed by atoms with Crippen LogP contribution in [0.3, 0.4) is 0 Å². The number of hydrogen-bond donors (Lipinski definition) is 2. The molecular weight excluding hydrogens is 379 g/mol. The topological polar surface area (TPSA) is 97.8 Å². The number of nitrogens with zero attached hydrogens (tertiary/aromatic N) is 1. The maximum atomic E-state index is 13.3. The fourth-order valence-corrected chi connectivity index (χ4v) is 2.88. The van der Waals surface area contributed by atoms with Crippen molar-refractivity contribution in [1.29, 1.82) is 0 Å². The van der Waals surface area contributed by atoms with Gasteiger partial charge in [0, 0.05) is 18.2 Å². The smallest absolute Gasteiger partial charge is 0.328 e. The summed E-state index contributed by atoms with van der Waals surface area (Å²) < 4.78 is 23.7. The summed E-state index contributed by atoms with van der Waals surface area (Å²) in [4.78, 5) is 28.6. The lowest BCUT2D eigenvalue weighted by Crippen LogP contribution is -2.41. The molecule has 0 saturated carbocycles. The van der Waals surface area contributed by atoms with Crippen molar-refractivity contribution in [3.8, 4) is 11.5 Å². The third kappa shape index (κ3) is 5.22. The molecule has 2 rings (SSSR count). The van der Waals surface area contributed by atoms with E-state index in [0.29, 0.717) is 0 Å². The number of pyridine rings is 1. The summed E-state index contributed by atoms with van der Waals surface area (Å²) in [5.74, 6) is -2.19. The minimum absolute atomic E-state index is 0.0949. The zero-order valence-electron chi connectivity index (χ0n) is 17.0. The van der Waals surface area contributed by atoms with Gasteiger partial charge in [0.1, 0.15) is 18.0 Å². The molecule has 0 fully saturated rings. The van der Waals surface area contributed by atoms with Crippen molar-refractivity contribution >= 4 is 11.9 Å². The Labute approximate surface area is 168 Å². The number of aryl methyl sites for hydroxylation is 1. The predicted octanol–water partition coefficient (Wildman–Crippen LogP) is 3.10. The SMILES string of the molecule is COc1ccnc(C(=O)N[C@H](C)C(=O)O[C@@H](C)[C@H](C)c2ccc(F)cc2C)c1O. The van der Waals surface area contributed by atoms with E-state index in [9.17, 15) is 19.1 Å². The number of rotatable bonds is 7. The molecule has 29 heavy (non-hydrogen) atoms. The summed E-state index contributed by atoms with van der Waals surface area (Å²) in [6.07, 6.45) is 0.806. The van der Waals surface area contributed by atoms with E-state index in [-0.39, 0.29) is 23.2 Å². The Morgan fingerprint density at radius 2 is 1.90 bits per heavy atom. The van der Waals surface area contributed by atoms with E-state index in [4.69, 9.17) is 9.47 Å². The minimum Gasteiger partial charge on any atom is -0.503 e. The van der Waals surface area contributed by atoms with Crippen molar-refractivity contribution in [3.05, 3.63) is 53.1 Å². The maximum Gasteiger partial charge on any atom is 0.328 e. The molecule has 156 valence electrons. The third-order valence-corrected chi connectivity index (χ3v) is 4.75. The second kappa shape index (κ2) is 9.36. The van der Waals surface area contributed by atoms with Gasteiger partial charge in [-0.05, 0) is 44.0 Å². The molecule has 0 saturated heterocycles. The molecule has 0 spiro atoms. The van der Waals surface area contributed by atoms with Crippen LogP contribution in [-0.4, -0.2) is 41.2 Å². The molecular formula is C21H25FN2O5. The average molecular weight is 404 g/mol. The van der Waals surface area contributed by atoms with Gasteiger partial charge in [-0.2, -0.15) is 0 Å². The van der Waals surface area contributed by atoms with Gasteiger partial charge < -0.3 is 19.9 Å². The first kappa shape index (κ1) is 22.1. The second-order valence-corrected chi connectivity index (χ2v) is 6.84. The van der Waals surface area contributed by atoms with Gasteiger partial charge in [0.25, 0.3) is 5.91 Å². The molecule has 2 aromatic rings. The van der Waals surface area contributed by atoms with Crippen LogP contribution in [0.5, 0.6) is 11.5 Å². The number of halogens is 1. The van der Waals surface area contributed by atoms with E-state index >= 15 is 0 Å². The van der Waals surface area contributed by atoms with Crippen LogP contribution in [0.25, 0.3) is 0 Å². The number of nitrogens with one attached hydrogen (secondary N) is 1. The van der Waals surface area contributed by atoms with E-state index < -0.39 is 29.8 Å². The highest BCUT2D eigenvalue weighted by atomic mass is 19.1. The molecule has 2 N–H and O–H groups in total. The summed E-state index contributed by atoms with van der Waals surface area (Å²) in [5.41, 5.74) is 1.38. The van der Waals surface area contributed by atoms with Crippen LogP contribution < -0.4 is 10.1 Å². The Morgan fingerprint density at radius 3 is 2.52 bits per heavy atom. The Kier molecular flexibility index (Phi) is 7.14. The van der Waals surface area contributed by atoms with Crippen molar-refractivity contribution in [2.24, 2.45) is 0 Å². The summed E-state index contributed by atoms with van der Waals surface area (Å²) in [6.45, 7) is 6.87. The number of esters is 1. The first-order valence-corrected chi connectivity index (χ1v) is 9.15. The van der Waals surface area contributed by atoms with Crippen molar-refractivity contribution in [2.75, 3.05) is 7.11 Å². The molecule has 1 aromatic carbocycles. The Bertz CT molecular complexity index is 903. The Balaban J connectivity index is 2.02. The molecule has 0 aliphatic rings. The lowest BCUT2D eigenvalue weighted by Gasteiger charge is -2.24. The van der Waals surface area contributed by atoms with Gasteiger partial charge in [0.05, 0.1) is 7.11 Å². The molecule has 0 aliphatic carbocycles. The van der Waals surface area contributed by atoms with E-state index in [1.165, 1.54) is 38.4 Å². The van der Waals surface area contributed by atoms with Crippen LogP contribution in [0.1, 0.15) is 48.3 Å². The number of aromatic nitrogens is 1. The Hall–Kier alpha value is -3.16. The molecule has 0 bridgehead atoms. The number of amides is 1. The molecule has 0 radical (unpaired) electrons. The van der Waals surface area contributed by atoms with E-state index in [2.05, 4.69) is 10.3 Å². The monoisotopic (exact) mass is 404 g/mol. The fourth-order valence-electron chi connectivity index (χ4n) is 2.88. The van der Waals surface area contributed by atoms with Crippen molar-refractivity contribution in [2.45, 2.75) is 45.8 Å². The largest absolute Gasteiger partial charge is 0.503 e. The maximum absolute atomic E-state index is 13.3. The standard InChI is InChI=1S/C21H25FN2O5/c1-11-10-15(22)6-7-16(11)12(2)14(4)29-21(27)13(3)24-20(26)18-19(25)17(28-5)8-9-23-18/h6-10,12-14,25H,1-5H3,(H,24,26)/t12-,13+,14-/m0/s1. The van der Waals surface area contributed by atoms with Crippen LogP contribution in [-0.2, 0) is 9.53 Å². The zero-order chi connectivity index (χ0) is 21.7. The lowest BCUT2D eigenvalue weighted by molar-refractivity contribution is -0.151. The van der Waals surface area contributed by atoms with Gasteiger partial charge in [0.15, 0.2) is 17.2 Å². The Morgan fingerprint density at radius 1 is 1.21 bits per heavy atom. The highest BCUT2D eigenvalue weighted by Crippen LogP contribution is 2.28. The normalized spacial score (nSPS) is 13.9. The molecule has 8 heteroatoms. The molecule has 1 heterocycles. The van der Waals surface area contributed by atoms with Gasteiger partial charge in [0.2, 0.25) is 0 Å². The van der Waals surface area contributed by atoms with E-state index in [1.807, 2.05) is 6.92 Å². The van der Waals surface area contributed by atoms with Crippen LogP contribution in [0.15, 0.2) is 30.5 Å². The summed E-state index contributed by atoms with van der Waals surface area (Å²) >= 11 is 0. The molecule has 0 aliphatic heterocycles. The lowest BCUT2D eigenvalue weighted by atomic mass is 9.92. The first-order chi connectivity index (χ1) is 13.6. The minimum atomic E-state index is -0.973. The van der Waals surface area contributed by atoms with Gasteiger partial charge >= 0.3 is 5.97 Å². The molecule has 7 nitrogen and oxygen atoms in total. The summed E-state index contributed by atoms with van der Waals surface area (Å²) in [7, 11) is 1.35. The third-order valence-electron chi connectivity index (χ3n) is 4.75. The number of methoxy groups -OCH3 is 1. The average Bonchev–Trinajstić information content (AvgIpc) is 2.67. The molecule has 0 unspecified atom stereocenters. The van der Waals surface area contributed by atoms with Crippen molar-refractivity contribution in [1.82, 2.24) is 10.3 Å². The first-order valence-electron chi connectivity index (χ1n) is 9.15. The van der Waals surface area contributed by atoms with Crippen LogP contribution in [0.4, 0.5) is 4.39 Å². The second-order valence-electron chi connectivity index (χ2n) is 6.84. The zero-order valence-corrected chi connectivity index (χ0v) is 17.0. The summed E-state index contributed by atoms with van der Waals surface area (Å²) in [5, 5.41) is 12.5. The number of aromatic hydroxyl groups is 1. The molecule has 1 amide bonds. The molecule has 3 atom stereocenters. The van der Waals surface area contributed by atoms with Crippen LogP contribution >= 0.6 is 0 Å². The van der Waals surface area contributed by atoms with Crippen molar-refractivity contribution in [3.63, 3.8) is 0 Å². The number of benzene rings is 1. The van der Waals surface area contributed by atoms with E-state index in [0.717, 1.165) is 11.1 Å². The van der Waals surface area contributed by atoms with Gasteiger partial charge in [-0.1, -0.05) is 13.0 Å². The van der Waals surface area contributed by atoms with Gasteiger partial charge in [-0.15, -0.1) is 0 Å².